The summed E-state index contributed by atoms with van der Waals surface area (Å²) >= 11 is 0. The molecule has 0 aromatic heterocycles. The Bertz CT molecular complexity index is 333. The van der Waals surface area contributed by atoms with E-state index in [1.807, 2.05) is 0 Å². The van der Waals surface area contributed by atoms with Crippen LogP contribution in [-0.4, -0.2) is 5.09 Å². The Morgan fingerprint density at radius 2 is 2.08 bits per heavy atom. The number of hydrogen-bond acceptors (Lipinski definition) is 4. The van der Waals surface area contributed by atoms with E-state index in [0.29, 0.717) is 5.56 Å². The van der Waals surface area contributed by atoms with E-state index in [1.165, 1.54) is 0 Å². The summed E-state index contributed by atoms with van der Waals surface area (Å²) in [4.78, 5) is 16.8. The SMILES string of the molecule is N#[N+]C(O[N+](=O)[O-])c1ccccc1. The lowest BCUT2D eigenvalue weighted by Crippen LogP contribution is -2.05. The topological polar surface area (TPSA) is 80.5 Å². The molecule has 0 aliphatic heterocycles. The molecule has 0 aliphatic carbocycles. The standard InChI is InChI=1S/C7H6N3O3/c8-9-7(13-10(11)12)6-4-2-1-3-5-6/h1-5,7H/q+1. The molecule has 0 heterocycles. The second-order valence-electron chi connectivity index (χ2n) is 2.21. The predicted molar refractivity (Wildman–Crippen MR) is 42.3 cm³/mol. The van der Waals surface area contributed by atoms with E-state index >= 15 is 0 Å². The molecule has 6 nitrogen and oxygen atoms in total. The van der Waals surface area contributed by atoms with Crippen LogP contribution in [0.5, 0.6) is 0 Å². The third-order valence-electron chi connectivity index (χ3n) is 1.38. The molecular weight excluding hydrogens is 174 g/mol. The van der Waals surface area contributed by atoms with Crippen LogP contribution < -0.4 is 0 Å². The summed E-state index contributed by atoms with van der Waals surface area (Å²) in [5.74, 6) is 0. The van der Waals surface area contributed by atoms with Crippen LogP contribution in [0.4, 0.5) is 0 Å². The maximum atomic E-state index is 9.95. The number of nitrogens with zero attached hydrogens (tertiary/aromatic N) is 3. The Morgan fingerprint density at radius 1 is 1.46 bits per heavy atom. The Balaban J connectivity index is 2.80. The van der Waals surface area contributed by atoms with E-state index in [-0.39, 0.29) is 0 Å². The van der Waals surface area contributed by atoms with Gasteiger partial charge in [0.25, 0.3) is 0 Å². The molecule has 0 radical (unpaired) electrons. The van der Waals surface area contributed by atoms with E-state index < -0.39 is 11.3 Å². The zero-order chi connectivity index (χ0) is 9.68. The van der Waals surface area contributed by atoms with Crippen LogP contribution in [0.3, 0.4) is 0 Å². The normalized spacial score (nSPS) is 11.3. The van der Waals surface area contributed by atoms with Gasteiger partial charge in [0.2, 0.25) is 5.39 Å². The summed E-state index contributed by atoms with van der Waals surface area (Å²) in [6, 6.07) is 8.19. The summed E-state index contributed by atoms with van der Waals surface area (Å²) < 4.78 is 0. The largest absolute Gasteiger partial charge is 0.481 e. The molecule has 0 amide bonds. The van der Waals surface area contributed by atoms with Crippen molar-refractivity contribution in [1.29, 1.82) is 5.39 Å². The number of diazo groups is 1. The van der Waals surface area contributed by atoms with Crippen LogP contribution in [0.25, 0.3) is 4.98 Å². The van der Waals surface area contributed by atoms with Crippen molar-refractivity contribution in [3.05, 3.63) is 51.0 Å². The lowest BCUT2D eigenvalue weighted by molar-refractivity contribution is -0.768. The monoisotopic (exact) mass is 180 g/mol. The lowest BCUT2D eigenvalue weighted by atomic mass is 10.2. The van der Waals surface area contributed by atoms with Crippen LogP contribution in [0.1, 0.15) is 11.8 Å². The molecule has 0 N–H and O–H groups in total. The summed E-state index contributed by atoms with van der Waals surface area (Å²) in [5.41, 5.74) is 0.418. The molecule has 0 saturated carbocycles. The maximum Gasteiger partial charge on any atom is 0.481 e. The summed E-state index contributed by atoms with van der Waals surface area (Å²) in [7, 11) is 0. The van der Waals surface area contributed by atoms with E-state index in [9.17, 15) is 10.1 Å². The highest BCUT2D eigenvalue weighted by atomic mass is 17.0. The van der Waals surface area contributed by atoms with E-state index in [4.69, 9.17) is 5.39 Å². The molecule has 6 heteroatoms. The average Bonchev–Trinajstić information content (AvgIpc) is 2.15. The zero-order valence-corrected chi connectivity index (χ0v) is 6.53. The van der Waals surface area contributed by atoms with Gasteiger partial charge in [-0.1, -0.05) is 18.2 Å². The Hall–Kier alpha value is -2.16. The van der Waals surface area contributed by atoms with Gasteiger partial charge in [-0.05, 0) is 12.1 Å². The molecule has 0 bridgehead atoms. The second kappa shape index (κ2) is 4.01. The van der Waals surface area contributed by atoms with Crippen molar-refractivity contribution >= 4 is 0 Å². The Labute approximate surface area is 73.5 Å². The maximum absolute atomic E-state index is 9.95. The molecular formula is C7H6N3O3+. The molecule has 1 atom stereocenters. The van der Waals surface area contributed by atoms with Gasteiger partial charge in [-0.25, -0.2) is 4.84 Å². The van der Waals surface area contributed by atoms with Crippen LogP contribution in [0.2, 0.25) is 0 Å². The van der Waals surface area contributed by atoms with Crippen molar-refractivity contribution in [2.75, 3.05) is 0 Å². The Kier molecular flexibility index (Phi) is 2.76. The third-order valence-corrected chi connectivity index (χ3v) is 1.38. The van der Waals surface area contributed by atoms with Gasteiger partial charge in [0.15, 0.2) is 4.98 Å². The van der Waals surface area contributed by atoms with Gasteiger partial charge in [-0.3, -0.25) is 0 Å². The first kappa shape index (κ1) is 8.93. The van der Waals surface area contributed by atoms with Gasteiger partial charge in [0, 0.05) is 0 Å². The number of benzene rings is 1. The first-order chi connectivity index (χ1) is 6.24. The van der Waals surface area contributed by atoms with Crippen LogP contribution in [-0.2, 0) is 4.84 Å². The molecule has 1 aromatic rings. The van der Waals surface area contributed by atoms with Crippen LogP contribution in [0, 0.1) is 15.5 Å². The van der Waals surface area contributed by atoms with E-state index in [2.05, 4.69) is 9.81 Å². The fraction of sp³-hybridized carbons (Fsp3) is 0.143. The van der Waals surface area contributed by atoms with Crippen molar-refractivity contribution in [2.24, 2.45) is 0 Å². The van der Waals surface area contributed by atoms with Crippen LogP contribution >= 0.6 is 0 Å². The first-order valence-electron chi connectivity index (χ1n) is 3.44. The van der Waals surface area contributed by atoms with Gasteiger partial charge in [-0.2, -0.15) is 0 Å². The quantitative estimate of drug-likeness (QED) is 0.403. The molecule has 1 rings (SSSR count). The summed E-state index contributed by atoms with van der Waals surface area (Å²) in [5, 5.41) is 17.4. The first-order valence-corrected chi connectivity index (χ1v) is 3.44. The highest BCUT2D eigenvalue weighted by molar-refractivity contribution is 5.18. The highest BCUT2D eigenvalue weighted by Crippen LogP contribution is 2.17. The van der Waals surface area contributed by atoms with Crippen LogP contribution in [0.15, 0.2) is 30.3 Å². The van der Waals surface area contributed by atoms with Gasteiger partial charge in [-0.15, -0.1) is 10.1 Å². The molecule has 1 aromatic carbocycles. The van der Waals surface area contributed by atoms with Gasteiger partial charge in [0.05, 0.1) is 5.56 Å². The minimum Gasteiger partial charge on any atom is -0.212 e. The molecule has 0 fully saturated rings. The van der Waals surface area contributed by atoms with Crippen molar-refractivity contribution in [3.8, 4) is 0 Å². The number of hydrogen-bond donors (Lipinski definition) is 0. The van der Waals surface area contributed by atoms with Gasteiger partial charge in [0.1, 0.15) is 0 Å². The molecule has 66 valence electrons. The second-order valence-corrected chi connectivity index (χ2v) is 2.21. The average molecular weight is 180 g/mol. The van der Waals surface area contributed by atoms with E-state index in [1.54, 1.807) is 30.3 Å². The smallest absolute Gasteiger partial charge is 0.212 e. The van der Waals surface area contributed by atoms with Gasteiger partial charge >= 0.3 is 11.3 Å². The van der Waals surface area contributed by atoms with Crippen molar-refractivity contribution in [1.82, 2.24) is 0 Å². The Morgan fingerprint density at radius 3 is 2.54 bits per heavy atom. The van der Waals surface area contributed by atoms with Crippen molar-refractivity contribution in [3.63, 3.8) is 0 Å². The third kappa shape index (κ3) is 2.41. The van der Waals surface area contributed by atoms with E-state index in [0.717, 1.165) is 0 Å². The molecule has 0 spiro atoms. The molecule has 1 unspecified atom stereocenters. The fourth-order valence-corrected chi connectivity index (χ4v) is 0.848. The highest BCUT2D eigenvalue weighted by Gasteiger charge is 2.26. The summed E-state index contributed by atoms with van der Waals surface area (Å²) in [6.45, 7) is 0. The van der Waals surface area contributed by atoms with Gasteiger partial charge < -0.3 is 0 Å². The zero-order valence-electron chi connectivity index (χ0n) is 6.53. The summed E-state index contributed by atoms with van der Waals surface area (Å²) in [6.07, 6.45) is -1.27. The molecule has 13 heavy (non-hydrogen) atoms. The lowest BCUT2D eigenvalue weighted by Gasteiger charge is -1.95. The predicted octanol–water partition coefficient (Wildman–Crippen LogP) is 1.75. The minimum atomic E-state index is -1.27. The molecule has 0 saturated heterocycles. The minimum absolute atomic E-state index is 0.418. The van der Waals surface area contributed by atoms with Crippen molar-refractivity contribution in [2.45, 2.75) is 6.23 Å². The number of rotatable bonds is 3. The van der Waals surface area contributed by atoms with Crippen molar-refractivity contribution < 1.29 is 9.92 Å². The fourth-order valence-electron chi connectivity index (χ4n) is 0.848. The molecule has 0 aliphatic rings.